The molecule has 90 valence electrons. The first-order chi connectivity index (χ1) is 7.48. The highest BCUT2D eigenvalue weighted by Crippen LogP contribution is 2.43. The third-order valence-electron chi connectivity index (χ3n) is 3.73. The zero-order chi connectivity index (χ0) is 11.8. The minimum atomic E-state index is -0.813. The smallest absolute Gasteiger partial charge is 0.168 e. The highest BCUT2D eigenvalue weighted by Gasteiger charge is 2.46. The first kappa shape index (κ1) is 11.8. The van der Waals surface area contributed by atoms with Gasteiger partial charge in [0.25, 0.3) is 0 Å². The van der Waals surface area contributed by atoms with Gasteiger partial charge in [-0.25, -0.2) is 0 Å². The van der Waals surface area contributed by atoms with E-state index in [1.165, 1.54) is 0 Å². The maximum absolute atomic E-state index is 10.5. The molecule has 0 radical (unpaired) electrons. The van der Waals surface area contributed by atoms with Crippen molar-refractivity contribution in [1.82, 2.24) is 0 Å². The standard InChI is InChI=1S/C13H20O3/c1-10(2)11(3)12(14)4-6-13(7-5-12)15-8-9-16-13/h14H,1,3-9H2,2H3. The summed E-state index contributed by atoms with van der Waals surface area (Å²) in [4.78, 5) is 0. The Morgan fingerprint density at radius 2 is 1.56 bits per heavy atom. The van der Waals surface area contributed by atoms with Crippen LogP contribution in [0.3, 0.4) is 0 Å². The predicted molar refractivity (Wildman–Crippen MR) is 62.0 cm³/mol. The van der Waals surface area contributed by atoms with E-state index in [1.54, 1.807) is 0 Å². The topological polar surface area (TPSA) is 38.7 Å². The van der Waals surface area contributed by atoms with Crippen LogP contribution in [0.4, 0.5) is 0 Å². The van der Waals surface area contributed by atoms with Crippen molar-refractivity contribution >= 4 is 0 Å². The Labute approximate surface area is 96.7 Å². The minimum Gasteiger partial charge on any atom is -0.385 e. The first-order valence-electron chi connectivity index (χ1n) is 5.83. The van der Waals surface area contributed by atoms with E-state index in [4.69, 9.17) is 9.47 Å². The summed E-state index contributed by atoms with van der Waals surface area (Å²) in [6.45, 7) is 11.0. The SMILES string of the molecule is C=C(C)C(=C)C1(O)CCC2(CC1)OCCO2. The Morgan fingerprint density at radius 3 is 2.00 bits per heavy atom. The quantitative estimate of drug-likeness (QED) is 0.731. The van der Waals surface area contributed by atoms with Gasteiger partial charge in [-0.1, -0.05) is 18.7 Å². The molecule has 0 aromatic heterocycles. The lowest BCUT2D eigenvalue weighted by Gasteiger charge is -2.41. The number of aliphatic hydroxyl groups is 1. The molecule has 1 heterocycles. The van der Waals surface area contributed by atoms with Gasteiger partial charge in [0.2, 0.25) is 0 Å². The van der Waals surface area contributed by atoms with Gasteiger partial charge in [-0.2, -0.15) is 0 Å². The number of hydrogen-bond acceptors (Lipinski definition) is 3. The van der Waals surface area contributed by atoms with Gasteiger partial charge in [0.15, 0.2) is 5.79 Å². The monoisotopic (exact) mass is 224 g/mol. The molecule has 1 aliphatic carbocycles. The molecule has 1 aliphatic heterocycles. The summed E-state index contributed by atoms with van der Waals surface area (Å²) in [5, 5.41) is 10.5. The Morgan fingerprint density at radius 1 is 1.06 bits per heavy atom. The fraction of sp³-hybridized carbons (Fsp3) is 0.692. The van der Waals surface area contributed by atoms with Gasteiger partial charge in [0.1, 0.15) is 0 Å². The lowest BCUT2D eigenvalue weighted by atomic mass is 9.75. The van der Waals surface area contributed by atoms with E-state index < -0.39 is 11.4 Å². The molecule has 0 aromatic rings. The van der Waals surface area contributed by atoms with E-state index in [9.17, 15) is 5.11 Å². The molecular weight excluding hydrogens is 204 g/mol. The van der Waals surface area contributed by atoms with Gasteiger partial charge in [0.05, 0.1) is 18.8 Å². The maximum atomic E-state index is 10.5. The molecular formula is C13H20O3. The molecule has 1 spiro atoms. The van der Waals surface area contributed by atoms with Crippen LogP contribution in [0.1, 0.15) is 32.6 Å². The fourth-order valence-corrected chi connectivity index (χ4v) is 2.53. The molecule has 1 saturated carbocycles. The molecule has 2 rings (SSSR count). The third-order valence-corrected chi connectivity index (χ3v) is 3.73. The van der Waals surface area contributed by atoms with Crippen LogP contribution >= 0.6 is 0 Å². The Bertz CT molecular complexity index is 303. The summed E-state index contributed by atoms with van der Waals surface area (Å²) in [6, 6.07) is 0. The Hall–Kier alpha value is -0.640. The molecule has 2 aliphatic rings. The molecule has 1 N–H and O–H groups in total. The molecule has 2 fully saturated rings. The van der Waals surface area contributed by atoms with Crippen LogP contribution in [-0.2, 0) is 9.47 Å². The lowest BCUT2D eigenvalue weighted by Crippen LogP contribution is -2.44. The summed E-state index contributed by atoms with van der Waals surface area (Å²) < 4.78 is 11.3. The summed E-state index contributed by atoms with van der Waals surface area (Å²) in [6.07, 6.45) is 2.74. The van der Waals surface area contributed by atoms with Crippen molar-refractivity contribution in [3.8, 4) is 0 Å². The van der Waals surface area contributed by atoms with Gasteiger partial charge >= 0.3 is 0 Å². The zero-order valence-corrected chi connectivity index (χ0v) is 9.92. The van der Waals surface area contributed by atoms with Crippen molar-refractivity contribution in [2.24, 2.45) is 0 Å². The molecule has 0 atom stereocenters. The van der Waals surface area contributed by atoms with Crippen LogP contribution < -0.4 is 0 Å². The summed E-state index contributed by atoms with van der Waals surface area (Å²) in [5.41, 5.74) is 0.791. The normalized spacial score (nSPS) is 26.9. The fourth-order valence-electron chi connectivity index (χ4n) is 2.53. The largest absolute Gasteiger partial charge is 0.385 e. The van der Waals surface area contributed by atoms with Crippen molar-refractivity contribution in [3.05, 3.63) is 24.3 Å². The van der Waals surface area contributed by atoms with Gasteiger partial charge in [0, 0.05) is 12.8 Å². The van der Waals surface area contributed by atoms with Gasteiger partial charge < -0.3 is 14.6 Å². The highest BCUT2D eigenvalue weighted by atomic mass is 16.7. The van der Waals surface area contributed by atoms with Gasteiger partial charge in [-0.15, -0.1) is 0 Å². The Kier molecular flexibility index (Phi) is 2.95. The van der Waals surface area contributed by atoms with E-state index in [2.05, 4.69) is 13.2 Å². The molecule has 0 unspecified atom stereocenters. The molecule has 3 nitrogen and oxygen atoms in total. The minimum absolute atomic E-state index is 0.429. The first-order valence-corrected chi connectivity index (χ1v) is 5.83. The van der Waals surface area contributed by atoms with Crippen molar-refractivity contribution < 1.29 is 14.6 Å². The predicted octanol–water partition coefficient (Wildman–Crippen LogP) is 2.17. The average molecular weight is 224 g/mol. The van der Waals surface area contributed by atoms with E-state index >= 15 is 0 Å². The number of hydrogen-bond donors (Lipinski definition) is 1. The third kappa shape index (κ3) is 1.95. The van der Waals surface area contributed by atoms with Crippen molar-refractivity contribution in [2.45, 2.75) is 44.0 Å². The van der Waals surface area contributed by atoms with Gasteiger partial charge in [-0.05, 0) is 25.3 Å². The van der Waals surface area contributed by atoms with Crippen LogP contribution in [0.2, 0.25) is 0 Å². The van der Waals surface area contributed by atoms with Crippen molar-refractivity contribution in [1.29, 1.82) is 0 Å². The van der Waals surface area contributed by atoms with Crippen LogP contribution in [-0.4, -0.2) is 29.7 Å². The molecule has 3 heteroatoms. The van der Waals surface area contributed by atoms with E-state index in [0.29, 0.717) is 26.1 Å². The summed E-state index contributed by atoms with van der Waals surface area (Å²) in [5.74, 6) is -0.429. The van der Waals surface area contributed by atoms with Crippen LogP contribution in [0.5, 0.6) is 0 Å². The molecule has 0 aromatic carbocycles. The highest BCUT2D eigenvalue weighted by molar-refractivity contribution is 5.32. The Balaban J connectivity index is 2.03. The molecule has 16 heavy (non-hydrogen) atoms. The van der Waals surface area contributed by atoms with Crippen molar-refractivity contribution in [2.75, 3.05) is 13.2 Å². The summed E-state index contributed by atoms with van der Waals surface area (Å²) in [7, 11) is 0. The lowest BCUT2D eigenvalue weighted by molar-refractivity contribution is -0.197. The van der Waals surface area contributed by atoms with Crippen molar-refractivity contribution in [3.63, 3.8) is 0 Å². The molecule has 0 bridgehead atoms. The number of ether oxygens (including phenoxy) is 2. The second-order valence-corrected chi connectivity index (χ2v) is 4.90. The van der Waals surface area contributed by atoms with E-state index in [-0.39, 0.29) is 0 Å². The summed E-state index contributed by atoms with van der Waals surface area (Å²) >= 11 is 0. The van der Waals surface area contributed by atoms with E-state index in [1.807, 2.05) is 6.92 Å². The second kappa shape index (κ2) is 3.99. The zero-order valence-electron chi connectivity index (χ0n) is 9.92. The molecule has 0 amide bonds. The van der Waals surface area contributed by atoms with Gasteiger partial charge in [-0.3, -0.25) is 0 Å². The van der Waals surface area contributed by atoms with Crippen LogP contribution in [0.25, 0.3) is 0 Å². The van der Waals surface area contributed by atoms with Crippen LogP contribution in [0, 0.1) is 0 Å². The van der Waals surface area contributed by atoms with Crippen LogP contribution in [0.15, 0.2) is 24.3 Å². The maximum Gasteiger partial charge on any atom is 0.168 e. The molecule has 1 saturated heterocycles. The average Bonchev–Trinajstić information content (AvgIpc) is 2.71. The number of rotatable bonds is 2. The second-order valence-electron chi connectivity index (χ2n) is 4.90. The van der Waals surface area contributed by atoms with E-state index in [0.717, 1.165) is 24.0 Å².